The maximum absolute atomic E-state index is 6.40. The second-order valence-electron chi connectivity index (χ2n) is 6.65. The number of fused-ring (bicyclic) bond motifs is 1. The van der Waals surface area contributed by atoms with E-state index in [-0.39, 0.29) is 0 Å². The molecule has 126 valence electrons. The summed E-state index contributed by atoms with van der Waals surface area (Å²) in [5, 5.41) is 1.46. The first kappa shape index (κ1) is 16.5. The number of benzene rings is 2. The van der Waals surface area contributed by atoms with Gasteiger partial charge in [0.2, 0.25) is 0 Å². The first-order valence-electron chi connectivity index (χ1n) is 8.34. The fourth-order valence-electron chi connectivity index (χ4n) is 3.37. The van der Waals surface area contributed by atoms with Crippen LogP contribution in [0.25, 0.3) is 22.6 Å². The lowest BCUT2D eigenvalue weighted by Crippen LogP contribution is -2.05. The molecule has 0 saturated carbocycles. The highest BCUT2D eigenvalue weighted by atomic mass is 35.5. The Morgan fingerprint density at radius 2 is 1.00 bits per heavy atom. The van der Waals surface area contributed by atoms with E-state index in [0.717, 1.165) is 45.5 Å². The van der Waals surface area contributed by atoms with E-state index in [1.54, 1.807) is 0 Å². The number of hydrogen-bond donors (Lipinski definition) is 0. The minimum atomic E-state index is 0.731. The second kappa shape index (κ2) is 6.40. The van der Waals surface area contributed by atoms with Gasteiger partial charge in [0.25, 0.3) is 0 Å². The summed E-state index contributed by atoms with van der Waals surface area (Å²) in [4.78, 5) is 0. The number of hydrogen-bond acceptors (Lipinski definition) is 1. The molecule has 0 radical (unpaired) electrons. The quantitative estimate of drug-likeness (QED) is 0.430. The molecule has 0 atom stereocenters. The highest BCUT2D eigenvalue weighted by Crippen LogP contribution is 2.42. The zero-order chi connectivity index (χ0) is 17.6. The topological polar surface area (TPSA) is 13.1 Å². The second-order valence-corrected chi connectivity index (χ2v) is 7.52. The molecule has 0 N–H and O–H groups in total. The minimum absolute atomic E-state index is 0.731. The van der Waals surface area contributed by atoms with Crippen LogP contribution in [0.4, 0.5) is 0 Å². The number of rotatable bonds is 2. The van der Waals surface area contributed by atoms with Crippen LogP contribution in [0, 0.1) is 0 Å². The van der Waals surface area contributed by atoms with Crippen molar-refractivity contribution >= 4 is 23.2 Å². The molecule has 0 bridgehead atoms. The molecule has 1 aliphatic carbocycles. The van der Waals surface area contributed by atoms with E-state index in [2.05, 4.69) is 13.8 Å². The average Bonchev–Trinajstić information content (AvgIpc) is 2.95. The normalized spacial score (nSPS) is 13.9. The maximum atomic E-state index is 6.40. The molecule has 0 amide bonds. The maximum Gasteiger partial charge on any atom is 0.138 e. The lowest BCUT2D eigenvalue weighted by molar-refractivity contribution is 0.593. The van der Waals surface area contributed by atoms with Gasteiger partial charge in [0.15, 0.2) is 0 Å². The summed E-state index contributed by atoms with van der Waals surface area (Å²) in [6.07, 6.45) is 1.85. The van der Waals surface area contributed by atoms with Crippen LogP contribution in [-0.4, -0.2) is 0 Å². The van der Waals surface area contributed by atoms with Crippen LogP contribution < -0.4 is 0 Å². The number of halogens is 2. The van der Waals surface area contributed by atoms with Crippen molar-refractivity contribution in [2.45, 2.75) is 26.7 Å². The van der Waals surface area contributed by atoms with E-state index in [0.29, 0.717) is 0 Å². The van der Waals surface area contributed by atoms with Crippen LogP contribution >= 0.6 is 23.2 Å². The highest BCUT2D eigenvalue weighted by Gasteiger charge is 2.26. The molecule has 0 aliphatic heterocycles. The van der Waals surface area contributed by atoms with Crippen molar-refractivity contribution in [2.75, 3.05) is 0 Å². The van der Waals surface area contributed by atoms with Crippen molar-refractivity contribution in [3.63, 3.8) is 0 Å². The van der Waals surface area contributed by atoms with Crippen LogP contribution in [0.5, 0.6) is 0 Å². The monoisotopic (exact) mass is 368 g/mol. The van der Waals surface area contributed by atoms with Crippen LogP contribution in [0.15, 0.2) is 64.1 Å². The minimum Gasteiger partial charge on any atom is -0.455 e. The molecule has 1 heterocycles. The molecule has 0 saturated heterocycles. The summed E-state index contributed by atoms with van der Waals surface area (Å²) < 4.78 is 6.40. The fourth-order valence-corrected chi connectivity index (χ4v) is 3.63. The predicted octanol–water partition coefficient (Wildman–Crippen LogP) is 7.36. The van der Waals surface area contributed by atoms with Gasteiger partial charge in [-0.15, -0.1) is 0 Å². The lowest BCUT2D eigenvalue weighted by atomic mass is 9.86. The lowest BCUT2D eigenvalue weighted by Gasteiger charge is -2.16. The number of furan rings is 1. The Balaban J connectivity index is 1.91. The van der Waals surface area contributed by atoms with Crippen LogP contribution in [0.3, 0.4) is 0 Å². The van der Waals surface area contributed by atoms with E-state index in [1.165, 1.54) is 22.3 Å². The SMILES string of the molecule is CC1=C(C)Cc2c(-c3ccc(Cl)cc3)oc(-c3ccc(Cl)cc3)c2C1. The standard InChI is InChI=1S/C22H18Cl2O/c1-13-11-19-20(12-14(13)2)22(16-5-9-18(24)10-6-16)25-21(19)15-3-7-17(23)8-4-15/h3-10H,11-12H2,1-2H3. The molecule has 2 aromatic carbocycles. The summed E-state index contributed by atoms with van der Waals surface area (Å²) in [5.41, 5.74) is 7.55. The molecule has 0 fully saturated rings. The molecule has 1 aromatic heterocycles. The Hall–Kier alpha value is -1.96. The third-order valence-corrected chi connectivity index (χ3v) is 5.45. The zero-order valence-electron chi connectivity index (χ0n) is 14.2. The first-order valence-corrected chi connectivity index (χ1v) is 9.10. The van der Waals surface area contributed by atoms with Crippen molar-refractivity contribution in [2.24, 2.45) is 0 Å². The molecular weight excluding hydrogens is 351 g/mol. The van der Waals surface area contributed by atoms with Crippen molar-refractivity contribution in [1.82, 2.24) is 0 Å². The Kier molecular flexibility index (Phi) is 4.23. The zero-order valence-corrected chi connectivity index (χ0v) is 15.7. The fraction of sp³-hybridized carbons (Fsp3) is 0.182. The molecule has 0 unspecified atom stereocenters. The van der Waals surface area contributed by atoms with E-state index in [4.69, 9.17) is 27.6 Å². The third kappa shape index (κ3) is 3.03. The van der Waals surface area contributed by atoms with Crippen LogP contribution in [0.2, 0.25) is 10.0 Å². The summed E-state index contributed by atoms with van der Waals surface area (Å²) in [7, 11) is 0. The summed E-state index contributed by atoms with van der Waals surface area (Å²) in [6, 6.07) is 15.7. The Labute approximate surface area is 157 Å². The number of allylic oxidation sites excluding steroid dienone is 2. The van der Waals surface area contributed by atoms with Crippen molar-refractivity contribution in [1.29, 1.82) is 0 Å². The van der Waals surface area contributed by atoms with Crippen LogP contribution in [-0.2, 0) is 12.8 Å². The third-order valence-electron chi connectivity index (χ3n) is 4.94. The summed E-state index contributed by atoms with van der Waals surface area (Å²) in [5.74, 6) is 1.90. The van der Waals surface area contributed by atoms with E-state index < -0.39 is 0 Å². The molecule has 4 rings (SSSR count). The van der Waals surface area contributed by atoms with Gasteiger partial charge in [-0.1, -0.05) is 34.3 Å². The molecular formula is C22H18Cl2O. The van der Waals surface area contributed by atoms with E-state index in [9.17, 15) is 0 Å². The van der Waals surface area contributed by atoms with Gasteiger partial charge in [0, 0.05) is 32.3 Å². The average molecular weight is 369 g/mol. The smallest absolute Gasteiger partial charge is 0.138 e. The van der Waals surface area contributed by atoms with Gasteiger partial charge in [-0.25, -0.2) is 0 Å². The van der Waals surface area contributed by atoms with Crippen LogP contribution in [0.1, 0.15) is 25.0 Å². The predicted molar refractivity (Wildman–Crippen MR) is 105 cm³/mol. The molecule has 3 heteroatoms. The van der Waals surface area contributed by atoms with Gasteiger partial charge in [-0.3, -0.25) is 0 Å². The van der Waals surface area contributed by atoms with Gasteiger partial charge in [-0.2, -0.15) is 0 Å². The van der Waals surface area contributed by atoms with Gasteiger partial charge in [0.05, 0.1) is 0 Å². The van der Waals surface area contributed by atoms with Crippen molar-refractivity contribution < 1.29 is 4.42 Å². The van der Waals surface area contributed by atoms with Crippen molar-refractivity contribution in [3.05, 3.63) is 80.8 Å². The first-order chi connectivity index (χ1) is 12.0. The van der Waals surface area contributed by atoms with Crippen molar-refractivity contribution in [3.8, 4) is 22.6 Å². The Bertz CT molecular complexity index is 883. The largest absolute Gasteiger partial charge is 0.455 e. The summed E-state index contributed by atoms with van der Waals surface area (Å²) >= 11 is 12.1. The molecule has 1 nitrogen and oxygen atoms in total. The van der Waals surface area contributed by atoms with E-state index in [1.807, 2.05) is 48.5 Å². The van der Waals surface area contributed by atoms with Gasteiger partial charge in [-0.05, 0) is 75.2 Å². The highest BCUT2D eigenvalue weighted by molar-refractivity contribution is 6.30. The molecule has 25 heavy (non-hydrogen) atoms. The van der Waals surface area contributed by atoms with E-state index >= 15 is 0 Å². The molecule has 1 aliphatic rings. The van der Waals surface area contributed by atoms with Gasteiger partial charge < -0.3 is 4.42 Å². The Morgan fingerprint density at radius 1 is 0.640 bits per heavy atom. The summed E-state index contributed by atoms with van der Waals surface area (Å²) in [6.45, 7) is 4.41. The molecule has 3 aromatic rings. The van der Waals surface area contributed by atoms with Gasteiger partial charge >= 0.3 is 0 Å². The van der Waals surface area contributed by atoms with Gasteiger partial charge in [0.1, 0.15) is 11.5 Å². The molecule has 0 spiro atoms. The Morgan fingerprint density at radius 3 is 1.36 bits per heavy atom.